The van der Waals surface area contributed by atoms with Gasteiger partial charge in [0.2, 0.25) is 5.91 Å². The molecular weight excluding hydrogens is 236 g/mol. The summed E-state index contributed by atoms with van der Waals surface area (Å²) in [7, 11) is 0. The number of carbonyl (C=O) groups excluding carboxylic acids is 1. The summed E-state index contributed by atoms with van der Waals surface area (Å²) < 4.78 is 0. The minimum atomic E-state index is -0.406. The Kier molecular flexibility index (Phi) is 6.03. The number of nitrogens with two attached hydrogens (primary N) is 1. The Labute approximate surface area is 116 Å². The number of aryl methyl sites for hydroxylation is 1. The van der Waals surface area contributed by atoms with Crippen LogP contribution in [0.3, 0.4) is 0 Å². The van der Waals surface area contributed by atoms with Crippen LogP contribution in [0.4, 0.5) is 0 Å². The molecule has 1 aromatic rings. The van der Waals surface area contributed by atoms with E-state index in [1.54, 1.807) is 0 Å². The predicted octanol–water partition coefficient (Wildman–Crippen LogP) is 2.72. The van der Waals surface area contributed by atoms with E-state index in [1.165, 1.54) is 5.56 Å². The minimum absolute atomic E-state index is 0.0532. The largest absolute Gasteiger partial charge is 0.337 e. The lowest BCUT2D eigenvalue weighted by atomic mass is 10.0. The first-order valence-corrected chi connectivity index (χ1v) is 7.05. The zero-order valence-electron chi connectivity index (χ0n) is 12.5. The molecule has 0 aliphatic carbocycles. The van der Waals surface area contributed by atoms with Crippen LogP contribution in [-0.2, 0) is 11.3 Å². The molecule has 1 rings (SSSR count). The summed E-state index contributed by atoms with van der Waals surface area (Å²) >= 11 is 0. The lowest BCUT2D eigenvalue weighted by molar-refractivity contribution is -0.134. The molecule has 0 aromatic heterocycles. The van der Waals surface area contributed by atoms with E-state index >= 15 is 0 Å². The van der Waals surface area contributed by atoms with Gasteiger partial charge >= 0.3 is 0 Å². The van der Waals surface area contributed by atoms with E-state index in [0.29, 0.717) is 6.54 Å². The number of benzene rings is 1. The molecule has 0 aliphatic rings. The van der Waals surface area contributed by atoms with E-state index in [1.807, 2.05) is 18.7 Å². The second-order valence-electron chi connectivity index (χ2n) is 5.52. The van der Waals surface area contributed by atoms with E-state index in [2.05, 4.69) is 38.1 Å². The van der Waals surface area contributed by atoms with Crippen LogP contribution in [0.2, 0.25) is 0 Å². The molecule has 2 N–H and O–H groups in total. The Morgan fingerprint density at radius 3 is 2.32 bits per heavy atom. The standard InChI is InChI=1S/C16H26N2O/c1-5-10-18(16(19)15(17)12(2)3)11-14-8-6-13(4)7-9-14/h6-9,12,15H,5,10-11,17H2,1-4H3/t15-/m1/s1. The molecule has 1 amide bonds. The first kappa shape index (κ1) is 15.7. The minimum Gasteiger partial charge on any atom is -0.337 e. The van der Waals surface area contributed by atoms with Gasteiger partial charge in [0.15, 0.2) is 0 Å². The third-order valence-corrected chi connectivity index (χ3v) is 3.30. The highest BCUT2D eigenvalue weighted by atomic mass is 16.2. The highest BCUT2D eigenvalue weighted by Gasteiger charge is 2.23. The number of hydrogen-bond donors (Lipinski definition) is 1. The summed E-state index contributed by atoms with van der Waals surface area (Å²) in [6.07, 6.45) is 0.947. The molecule has 0 bridgehead atoms. The summed E-state index contributed by atoms with van der Waals surface area (Å²) in [5.74, 6) is 0.224. The molecule has 1 atom stereocenters. The Morgan fingerprint density at radius 2 is 1.84 bits per heavy atom. The molecule has 1 aromatic carbocycles. The van der Waals surface area contributed by atoms with Crippen molar-refractivity contribution in [2.24, 2.45) is 11.7 Å². The normalized spacial score (nSPS) is 12.5. The molecular formula is C16H26N2O. The Bertz CT molecular complexity index is 398. The monoisotopic (exact) mass is 262 g/mol. The molecule has 3 heteroatoms. The molecule has 0 radical (unpaired) electrons. The lowest BCUT2D eigenvalue weighted by Gasteiger charge is -2.27. The Hall–Kier alpha value is -1.35. The molecule has 3 nitrogen and oxygen atoms in total. The van der Waals surface area contributed by atoms with Crippen LogP contribution in [0.25, 0.3) is 0 Å². The summed E-state index contributed by atoms with van der Waals surface area (Å²) in [4.78, 5) is 14.2. The Morgan fingerprint density at radius 1 is 1.26 bits per heavy atom. The van der Waals surface area contributed by atoms with Crippen molar-refractivity contribution in [3.8, 4) is 0 Å². The molecule has 19 heavy (non-hydrogen) atoms. The van der Waals surface area contributed by atoms with Crippen molar-refractivity contribution in [2.45, 2.75) is 46.7 Å². The third-order valence-electron chi connectivity index (χ3n) is 3.30. The van der Waals surface area contributed by atoms with Crippen molar-refractivity contribution in [2.75, 3.05) is 6.54 Å². The maximum atomic E-state index is 12.3. The molecule has 0 heterocycles. The maximum absolute atomic E-state index is 12.3. The van der Waals surface area contributed by atoms with Gasteiger partial charge in [-0.05, 0) is 24.8 Å². The zero-order valence-corrected chi connectivity index (χ0v) is 12.5. The first-order valence-electron chi connectivity index (χ1n) is 7.05. The average molecular weight is 262 g/mol. The molecule has 0 saturated carbocycles. The van der Waals surface area contributed by atoms with Gasteiger partial charge in [-0.2, -0.15) is 0 Å². The van der Waals surface area contributed by atoms with Crippen molar-refractivity contribution in [1.82, 2.24) is 4.90 Å². The molecule has 0 spiro atoms. The van der Waals surface area contributed by atoms with Crippen LogP contribution in [0.1, 0.15) is 38.3 Å². The van der Waals surface area contributed by atoms with Gasteiger partial charge in [-0.3, -0.25) is 4.79 Å². The van der Waals surface area contributed by atoms with Gasteiger partial charge in [0, 0.05) is 13.1 Å². The fourth-order valence-electron chi connectivity index (χ4n) is 1.95. The van der Waals surface area contributed by atoms with Crippen molar-refractivity contribution in [3.63, 3.8) is 0 Å². The van der Waals surface area contributed by atoms with Gasteiger partial charge in [0.1, 0.15) is 0 Å². The number of hydrogen-bond acceptors (Lipinski definition) is 2. The van der Waals surface area contributed by atoms with Crippen LogP contribution in [0.15, 0.2) is 24.3 Å². The Balaban J connectivity index is 2.77. The summed E-state index contributed by atoms with van der Waals surface area (Å²) in [5.41, 5.74) is 8.37. The SMILES string of the molecule is CCCN(Cc1ccc(C)cc1)C(=O)[C@H](N)C(C)C. The fraction of sp³-hybridized carbons (Fsp3) is 0.562. The van der Waals surface area contributed by atoms with Crippen LogP contribution >= 0.6 is 0 Å². The lowest BCUT2D eigenvalue weighted by Crippen LogP contribution is -2.46. The van der Waals surface area contributed by atoms with Crippen molar-refractivity contribution >= 4 is 5.91 Å². The summed E-state index contributed by atoms with van der Waals surface area (Å²) in [5, 5.41) is 0. The summed E-state index contributed by atoms with van der Waals surface area (Å²) in [6.45, 7) is 9.52. The van der Waals surface area contributed by atoms with Crippen LogP contribution in [-0.4, -0.2) is 23.4 Å². The number of carbonyl (C=O) groups is 1. The average Bonchev–Trinajstić information content (AvgIpc) is 2.39. The van der Waals surface area contributed by atoms with Crippen molar-refractivity contribution in [1.29, 1.82) is 0 Å². The predicted molar refractivity (Wildman–Crippen MR) is 79.7 cm³/mol. The quantitative estimate of drug-likeness (QED) is 0.857. The number of nitrogens with zero attached hydrogens (tertiary/aromatic N) is 1. The molecule has 0 fully saturated rings. The fourth-order valence-corrected chi connectivity index (χ4v) is 1.95. The number of amides is 1. The van der Waals surface area contributed by atoms with Gasteiger partial charge in [0.25, 0.3) is 0 Å². The van der Waals surface area contributed by atoms with Gasteiger partial charge in [-0.15, -0.1) is 0 Å². The van der Waals surface area contributed by atoms with E-state index in [4.69, 9.17) is 5.73 Å². The van der Waals surface area contributed by atoms with Crippen LogP contribution in [0, 0.1) is 12.8 Å². The van der Waals surface area contributed by atoms with E-state index in [-0.39, 0.29) is 11.8 Å². The highest BCUT2D eigenvalue weighted by molar-refractivity contribution is 5.81. The van der Waals surface area contributed by atoms with Crippen LogP contribution in [0.5, 0.6) is 0 Å². The van der Waals surface area contributed by atoms with Crippen molar-refractivity contribution < 1.29 is 4.79 Å². The maximum Gasteiger partial charge on any atom is 0.240 e. The molecule has 0 unspecified atom stereocenters. The van der Waals surface area contributed by atoms with Crippen molar-refractivity contribution in [3.05, 3.63) is 35.4 Å². The van der Waals surface area contributed by atoms with E-state index in [9.17, 15) is 4.79 Å². The van der Waals surface area contributed by atoms with Gasteiger partial charge < -0.3 is 10.6 Å². The number of rotatable bonds is 6. The molecule has 106 valence electrons. The van der Waals surface area contributed by atoms with Gasteiger partial charge in [-0.25, -0.2) is 0 Å². The van der Waals surface area contributed by atoms with Crippen LogP contribution < -0.4 is 5.73 Å². The van der Waals surface area contributed by atoms with E-state index < -0.39 is 6.04 Å². The highest BCUT2D eigenvalue weighted by Crippen LogP contribution is 2.11. The van der Waals surface area contributed by atoms with Gasteiger partial charge in [0.05, 0.1) is 6.04 Å². The third kappa shape index (κ3) is 4.67. The zero-order chi connectivity index (χ0) is 14.4. The van der Waals surface area contributed by atoms with E-state index in [0.717, 1.165) is 18.5 Å². The first-order chi connectivity index (χ1) is 8.95. The molecule has 0 saturated heterocycles. The second-order valence-corrected chi connectivity index (χ2v) is 5.52. The van der Waals surface area contributed by atoms with Gasteiger partial charge in [-0.1, -0.05) is 50.6 Å². The smallest absolute Gasteiger partial charge is 0.240 e. The molecule has 0 aliphatic heterocycles. The topological polar surface area (TPSA) is 46.3 Å². The second kappa shape index (κ2) is 7.29. The summed E-state index contributed by atoms with van der Waals surface area (Å²) in [6, 6.07) is 7.90.